The van der Waals surface area contributed by atoms with Crippen molar-refractivity contribution >= 4 is 28.5 Å². The Morgan fingerprint density at radius 3 is 2.38 bits per heavy atom. The lowest BCUT2D eigenvalue weighted by molar-refractivity contribution is 0.482. The van der Waals surface area contributed by atoms with Gasteiger partial charge in [-0.05, 0) is 53.9 Å². The lowest BCUT2D eigenvalue weighted by Crippen LogP contribution is -1.91. The maximum atomic E-state index is 5.83. The predicted molar refractivity (Wildman–Crippen MR) is 100 cm³/mol. The first-order valence-corrected chi connectivity index (χ1v) is 8.48. The first-order chi connectivity index (χ1) is 11.7. The van der Waals surface area contributed by atoms with Gasteiger partial charge < -0.3 is 10.5 Å². The van der Waals surface area contributed by atoms with Crippen molar-refractivity contribution < 1.29 is 4.74 Å². The lowest BCUT2D eigenvalue weighted by atomic mass is 10.2. The molecule has 0 aliphatic heterocycles. The zero-order valence-electron chi connectivity index (χ0n) is 13.3. The standard InChI is InChI=1S/C18H18N4OS/c1-2-13-3-7-15(8-4-13)23-16-9-5-14(6-10-16)11-20-22-18-21-17(19)12-24-18/h3-12H,2,19H2,1H3,(H,21,22). The molecule has 5 nitrogen and oxygen atoms in total. The topological polar surface area (TPSA) is 72.5 Å². The molecular weight excluding hydrogens is 320 g/mol. The number of ether oxygens (including phenoxy) is 1. The molecule has 122 valence electrons. The number of anilines is 2. The summed E-state index contributed by atoms with van der Waals surface area (Å²) < 4.78 is 5.83. The van der Waals surface area contributed by atoms with E-state index in [1.807, 2.05) is 36.4 Å². The molecule has 0 unspecified atom stereocenters. The van der Waals surface area contributed by atoms with Crippen molar-refractivity contribution in [1.82, 2.24) is 4.98 Å². The summed E-state index contributed by atoms with van der Waals surface area (Å²) in [6.07, 6.45) is 2.74. The fourth-order valence-corrected chi connectivity index (χ4v) is 2.60. The van der Waals surface area contributed by atoms with Crippen LogP contribution in [0.1, 0.15) is 18.1 Å². The molecule has 0 aliphatic carbocycles. The first-order valence-electron chi connectivity index (χ1n) is 7.60. The molecule has 2 aromatic carbocycles. The third-order valence-corrected chi connectivity index (χ3v) is 4.11. The molecule has 3 aromatic rings. The highest BCUT2D eigenvalue weighted by Crippen LogP contribution is 2.22. The van der Waals surface area contributed by atoms with Crippen molar-refractivity contribution in [1.29, 1.82) is 0 Å². The van der Waals surface area contributed by atoms with Gasteiger partial charge in [0, 0.05) is 5.38 Å². The molecule has 0 atom stereocenters. The van der Waals surface area contributed by atoms with Crippen molar-refractivity contribution in [3.8, 4) is 11.5 Å². The van der Waals surface area contributed by atoms with E-state index in [9.17, 15) is 0 Å². The Morgan fingerprint density at radius 1 is 1.12 bits per heavy atom. The number of hydrogen-bond donors (Lipinski definition) is 2. The molecular formula is C18H18N4OS. The Kier molecular flexibility index (Phi) is 5.08. The normalized spacial score (nSPS) is 10.9. The van der Waals surface area contributed by atoms with Gasteiger partial charge in [0.05, 0.1) is 6.21 Å². The van der Waals surface area contributed by atoms with Gasteiger partial charge in [-0.15, -0.1) is 11.3 Å². The van der Waals surface area contributed by atoms with E-state index >= 15 is 0 Å². The highest BCUT2D eigenvalue weighted by atomic mass is 32.1. The van der Waals surface area contributed by atoms with E-state index in [-0.39, 0.29) is 0 Å². The summed E-state index contributed by atoms with van der Waals surface area (Å²) in [6, 6.07) is 15.8. The van der Waals surface area contributed by atoms with Crippen LogP contribution in [0.15, 0.2) is 59.0 Å². The largest absolute Gasteiger partial charge is 0.457 e. The van der Waals surface area contributed by atoms with Crippen molar-refractivity contribution in [2.45, 2.75) is 13.3 Å². The quantitative estimate of drug-likeness (QED) is 0.512. The average Bonchev–Trinajstić information content (AvgIpc) is 3.02. The van der Waals surface area contributed by atoms with Crippen LogP contribution < -0.4 is 15.9 Å². The SMILES string of the molecule is CCc1ccc(Oc2ccc(C=NNc3nc(N)cs3)cc2)cc1. The van der Waals surface area contributed by atoms with Gasteiger partial charge in [-0.25, -0.2) is 4.98 Å². The number of nitrogens with zero attached hydrogens (tertiary/aromatic N) is 2. The van der Waals surface area contributed by atoms with Crippen LogP contribution >= 0.6 is 11.3 Å². The van der Waals surface area contributed by atoms with Gasteiger partial charge in [-0.3, -0.25) is 5.43 Å². The van der Waals surface area contributed by atoms with Gasteiger partial charge in [0.1, 0.15) is 17.3 Å². The van der Waals surface area contributed by atoms with Crippen molar-refractivity contribution in [3.05, 3.63) is 65.0 Å². The molecule has 0 saturated heterocycles. The summed E-state index contributed by atoms with van der Waals surface area (Å²) in [5.74, 6) is 2.11. The molecule has 6 heteroatoms. The van der Waals surface area contributed by atoms with Crippen LogP contribution in [0.5, 0.6) is 11.5 Å². The Morgan fingerprint density at radius 2 is 1.79 bits per heavy atom. The van der Waals surface area contributed by atoms with E-state index < -0.39 is 0 Å². The minimum Gasteiger partial charge on any atom is -0.457 e. The number of benzene rings is 2. The lowest BCUT2D eigenvalue weighted by Gasteiger charge is -2.06. The molecule has 0 fully saturated rings. The molecule has 1 aromatic heterocycles. The minimum absolute atomic E-state index is 0.492. The zero-order valence-corrected chi connectivity index (χ0v) is 14.1. The average molecular weight is 338 g/mol. The summed E-state index contributed by atoms with van der Waals surface area (Å²) in [5.41, 5.74) is 10.6. The number of nitrogens with one attached hydrogen (secondary N) is 1. The summed E-state index contributed by atoms with van der Waals surface area (Å²) in [4.78, 5) is 4.07. The summed E-state index contributed by atoms with van der Waals surface area (Å²) >= 11 is 1.41. The van der Waals surface area contributed by atoms with Gasteiger partial charge in [0.25, 0.3) is 0 Å². The Balaban J connectivity index is 1.58. The van der Waals surface area contributed by atoms with Gasteiger partial charge in [0.2, 0.25) is 5.13 Å². The number of hydrazone groups is 1. The Labute approximate surface area is 144 Å². The van der Waals surface area contributed by atoms with E-state index in [1.54, 1.807) is 11.6 Å². The smallest absolute Gasteiger partial charge is 0.205 e. The van der Waals surface area contributed by atoms with Crippen LogP contribution in [0.2, 0.25) is 0 Å². The van der Waals surface area contributed by atoms with E-state index in [1.165, 1.54) is 16.9 Å². The third kappa shape index (κ3) is 4.33. The maximum Gasteiger partial charge on any atom is 0.205 e. The molecule has 0 saturated carbocycles. The van der Waals surface area contributed by atoms with Crippen LogP contribution in [0.4, 0.5) is 10.9 Å². The predicted octanol–water partition coefficient (Wildman–Crippen LogP) is 4.53. The highest BCUT2D eigenvalue weighted by molar-refractivity contribution is 7.14. The number of aryl methyl sites for hydroxylation is 1. The molecule has 0 spiro atoms. The van der Waals surface area contributed by atoms with Gasteiger partial charge in [0.15, 0.2) is 0 Å². The molecule has 0 aliphatic rings. The van der Waals surface area contributed by atoms with Crippen molar-refractivity contribution in [2.75, 3.05) is 11.2 Å². The second kappa shape index (κ2) is 7.61. The number of nitrogen functional groups attached to an aromatic ring is 1. The molecule has 3 N–H and O–H groups in total. The van der Waals surface area contributed by atoms with Gasteiger partial charge in [-0.2, -0.15) is 5.10 Å². The zero-order chi connectivity index (χ0) is 16.8. The van der Waals surface area contributed by atoms with Crippen molar-refractivity contribution in [3.63, 3.8) is 0 Å². The van der Waals surface area contributed by atoms with Crippen LogP contribution in [0.25, 0.3) is 0 Å². The second-order valence-electron chi connectivity index (χ2n) is 5.12. The molecule has 3 rings (SSSR count). The Bertz CT molecular complexity index is 810. The third-order valence-electron chi connectivity index (χ3n) is 3.34. The van der Waals surface area contributed by atoms with E-state index in [0.29, 0.717) is 10.9 Å². The minimum atomic E-state index is 0.492. The number of hydrogen-bond acceptors (Lipinski definition) is 6. The molecule has 0 amide bonds. The summed E-state index contributed by atoms with van der Waals surface area (Å²) in [5, 5.41) is 6.56. The second-order valence-corrected chi connectivity index (χ2v) is 5.97. The number of nitrogens with two attached hydrogens (primary N) is 1. The number of thiazole rings is 1. The van der Waals surface area contributed by atoms with Crippen LogP contribution in [0.3, 0.4) is 0 Å². The molecule has 0 radical (unpaired) electrons. The van der Waals surface area contributed by atoms with E-state index in [4.69, 9.17) is 10.5 Å². The van der Waals surface area contributed by atoms with Crippen LogP contribution in [-0.2, 0) is 6.42 Å². The van der Waals surface area contributed by atoms with Gasteiger partial charge >= 0.3 is 0 Å². The summed E-state index contributed by atoms with van der Waals surface area (Å²) in [6.45, 7) is 2.13. The Hall–Kier alpha value is -2.86. The number of aromatic nitrogens is 1. The van der Waals surface area contributed by atoms with E-state index in [2.05, 4.69) is 34.6 Å². The summed E-state index contributed by atoms with van der Waals surface area (Å²) in [7, 11) is 0. The van der Waals surface area contributed by atoms with E-state index in [0.717, 1.165) is 23.5 Å². The maximum absolute atomic E-state index is 5.83. The van der Waals surface area contributed by atoms with Crippen molar-refractivity contribution in [2.24, 2.45) is 5.10 Å². The molecule has 24 heavy (non-hydrogen) atoms. The fourth-order valence-electron chi connectivity index (χ4n) is 2.05. The van der Waals surface area contributed by atoms with Gasteiger partial charge in [-0.1, -0.05) is 19.1 Å². The molecule has 1 heterocycles. The monoisotopic (exact) mass is 338 g/mol. The molecule has 0 bridgehead atoms. The number of rotatable bonds is 6. The first kappa shape index (κ1) is 16.0. The fraction of sp³-hybridized carbons (Fsp3) is 0.111. The highest BCUT2D eigenvalue weighted by Gasteiger charge is 1.98. The van der Waals surface area contributed by atoms with Crippen LogP contribution in [-0.4, -0.2) is 11.2 Å². The van der Waals surface area contributed by atoms with Crippen LogP contribution in [0, 0.1) is 0 Å².